The number of fused-ring (bicyclic) bond motifs is 5. The molecule has 5 rings (SSSR count). The molecule has 12 atom stereocenters. The molecule has 5 N–H and O–H groups in total. The Bertz CT molecular complexity index is 725. The number of aliphatic hydroxyl groups is 5. The fraction of sp³-hybridized carbons (Fsp3) is 0.824. The van der Waals surface area contributed by atoms with E-state index in [1.807, 2.05) is 0 Å². The van der Waals surface area contributed by atoms with E-state index in [-0.39, 0.29) is 5.57 Å². The molecule has 12 nitrogen and oxygen atoms in total. The summed E-state index contributed by atoms with van der Waals surface area (Å²) in [7, 11) is 1.23. The van der Waals surface area contributed by atoms with Gasteiger partial charge in [-0.05, 0) is 0 Å². The molecular formula is C17H22O12. The maximum absolute atomic E-state index is 12.2. The lowest BCUT2D eigenvalue weighted by Crippen LogP contribution is -2.60. The largest absolute Gasteiger partial charge is 0.471 e. The third-order valence-electron chi connectivity index (χ3n) is 6.40. The van der Waals surface area contributed by atoms with Gasteiger partial charge < -0.3 is 54.0 Å². The molecule has 1 saturated carbocycles. The van der Waals surface area contributed by atoms with E-state index in [1.54, 1.807) is 0 Å². The number of hydrogen-bond acceptors (Lipinski definition) is 12. The molecule has 29 heavy (non-hydrogen) atoms. The molecule has 1 unspecified atom stereocenters. The molecule has 12 heteroatoms. The van der Waals surface area contributed by atoms with E-state index in [0.29, 0.717) is 0 Å². The SMILES string of the molecule is COC(=O)C1=CO[C@@H](O[C@@H]2O[C@H](CO)[C@@H](O)[C@H](O)[C@H]2O)[C@H]2[C@@H]1[C@@H]1O[C@@H]1[C@]21OC1O. The second-order valence-electron chi connectivity index (χ2n) is 7.80. The van der Waals surface area contributed by atoms with E-state index < -0.39 is 85.5 Å². The molecular weight excluding hydrogens is 396 g/mol. The summed E-state index contributed by atoms with van der Waals surface area (Å²) >= 11 is 0. The minimum absolute atomic E-state index is 0.207. The van der Waals surface area contributed by atoms with Gasteiger partial charge in [0.15, 0.2) is 18.2 Å². The van der Waals surface area contributed by atoms with E-state index in [1.165, 1.54) is 13.4 Å². The number of carbonyl (C=O) groups excluding carboxylic acids is 1. The zero-order chi connectivity index (χ0) is 20.7. The predicted octanol–water partition coefficient (Wildman–Crippen LogP) is -3.68. The third kappa shape index (κ3) is 2.62. The van der Waals surface area contributed by atoms with E-state index in [2.05, 4.69) is 0 Å². The molecule has 4 fully saturated rings. The van der Waals surface area contributed by atoms with Crippen LogP contribution in [0.4, 0.5) is 0 Å². The fourth-order valence-corrected chi connectivity index (χ4v) is 4.83. The number of carbonyl (C=O) groups is 1. The van der Waals surface area contributed by atoms with Crippen LogP contribution < -0.4 is 0 Å². The summed E-state index contributed by atoms with van der Waals surface area (Å²) < 4.78 is 32.5. The van der Waals surface area contributed by atoms with Gasteiger partial charge >= 0.3 is 5.97 Å². The molecule has 4 heterocycles. The second kappa shape index (κ2) is 6.57. The standard InChI is InChI=1S/C17H22O12/c1-24-13(22)4-3-25-14(7-6(4)11-12(27-11)17(7)16(23)29-17)28-15-10(21)9(20)8(19)5(2-18)26-15/h3,5-12,14-16,18-21,23H,2H2,1H3/t5-,6-,7-,8-,9+,10-,11+,12+,14+,15+,16?,17-/m1/s1. The Morgan fingerprint density at radius 2 is 1.86 bits per heavy atom. The van der Waals surface area contributed by atoms with Gasteiger partial charge in [-0.2, -0.15) is 0 Å². The highest BCUT2D eigenvalue weighted by molar-refractivity contribution is 5.89. The quantitative estimate of drug-likeness (QED) is 0.223. The van der Waals surface area contributed by atoms with Gasteiger partial charge in [-0.15, -0.1) is 0 Å². The summed E-state index contributed by atoms with van der Waals surface area (Å²) in [6.07, 6.45) is -9.35. The molecule has 0 amide bonds. The highest BCUT2D eigenvalue weighted by atomic mass is 16.8. The van der Waals surface area contributed by atoms with Gasteiger partial charge in [0, 0.05) is 5.92 Å². The van der Waals surface area contributed by atoms with E-state index >= 15 is 0 Å². The molecule has 5 aliphatic rings. The number of hydrogen-bond donors (Lipinski definition) is 5. The van der Waals surface area contributed by atoms with Gasteiger partial charge in [-0.1, -0.05) is 0 Å². The van der Waals surface area contributed by atoms with Gasteiger partial charge in [0.1, 0.15) is 30.5 Å². The number of methoxy groups -OCH3 is 1. The van der Waals surface area contributed by atoms with Crippen LogP contribution in [-0.2, 0) is 33.2 Å². The summed E-state index contributed by atoms with van der Waals surface area (Å²) in [6.45, 7) is -0.613. The summed E-state index contributed by atoms with van der Waals surface area (Å²) in [5, 5.41) is 49.6. The van der Waals surface area contributed by atoms with Gasteiger partial charge in [0.2, 0.25) is 6.29 Å². The van der Waals surface area contributed by atoms with Crippen molar-refractivity contribution in [3.63, 3.8) is 0 Å². The van der Waals surface area contributed by atoms with Crippen molar-refractivity contribution in [1.29, 1.82) is 0 Å². The lowest BCUT2D eigenvalue weighted by molar-refractivity contribution is -0.344. The van der Waals surface area contributed by atoms with Crippen molar-refractivity contribution >= 4 is 5.97 Å². The monoisotopic (exact) mass is 418 g/mol. The fourth-order valence-electron chi connectivity index (χ4n) is 4.83. The van der Waals surface area contributed by atoms with Crippen molar-refractivity contribution in [2.45, 2.75) is 61.1 Å². The van der Waals surface area contributed by atoms with Crippen LogP contribution in [-0.4, -0.2) is 106 Å². The highest BCUT2D eigenvalue weighted by Crippen LogP contribution is 2.67. The number of epoxide rings is 2. The molecule has 1 spiro atoms. The van der Waals surface area contributed by atoms with Crippen LogP contribution in [0.3, 0.4) is 0 Å². The van der Waals surface area contributed by atoms with Crippen molar-refractivity contribution in [3.8, 4) is 0 Å². The molecule has 0 aromatic rings. The van der Waals surface area contributed by atoms with E-state index in [0.717, 1.165) is 0 Å². The van der Waals surface area contributed by atoms with Gasteiger partial charge in [0.25, 0.3) is 0 Å². The highest BCUT2D eigenvalue weighted by Gasteiger charge is 2.85. The van der Waals surface area contributed by atoms with Crippen molar-refractivity contribution in [2.24, 2.45) is 11.8 Å². The first-order chi connectivity index (χ1) is 13.8. The first kappa shape index (κ1) is 19.6. The summed E-state index contributed by atoms with van der Waals surface area (Å²) in [5.41, 5.74) is -0.931. The van der Waals surface area contributed by atoms with Crippen molar-refractivity contribution < 1.29 is 58.7 Å². The van der Waals surface area contributed by atoms with Crippen molar-refractivity contribution in [2.75, 3.05) is 13.7 Å². The minimum atomic E-state index is -1.63. The Balaban J connectivity index is 1.42. The smallest absolute Gasteiger partial charge is 0.337 e. The third-order valence-corrected chi connectivity index (χ3v) is 6.40. The van der Waals surface area contributed by atoms with E-state index in [9.17, 15) is 30.3 Å². The summed E-state index contributed by atoms with van der Waals surface area (Å²) in [6, 6.07) is 0. The van der Waals surface area contributed by atoms with Crippen LogP contribution >= 0.6 is 0 Å². The normalized spacial score (nSPS) is 54.8. The zero-order valence-corrected chi connectivity index (χ0v) is 15.2. The Labute approximate surface area is 164 Å². The minimum Gasteiger partial charge on any atom is -0.471 e. The molecule has 3 saturated heterocycles. The van der Waals surface area contributed by atoms with Crippen molar-refractivity contribution in [1.82, 2.24) is 0 Å². The van der Waals surface area contributed by atoms with Crippen LogP contribution in [0.5, 0.6) is 0 Å². The molecule has 0 bridgehead atoms. The second-order valence-corrected chi connectivity index (χ2v) is 7.80. The maximum atomic E-state index is 12.2. The Kier molecular flexibility index (Phi) is 4.44. The molecule has 162 valence electrons. The Hall–Kier alpha value is -1.35. The Morgan fingerprint density at radius 1 is 1.14 bits per heavy atom. The predicted molar refractivity (Wildman–Crippen MR) is 85.3 cm³/mol. The average Bonchev–Trinajstić information content (AvgIpc) is 3.61. The molecule has 1 aliphatic carbocycles. The van der Waals surface area contributed by atoms with E-state index in [4.69, 9.17) is 28.4 Å². The number of aliphatic hydroxyl groups excluding tert-OH is 5. The number of rotatable bonds is 4. The van der Waals surface area contributed by atoms with Gasteiger partial charge in [-0.3, -0.25) is 0 Å². The molecule has 0 aromatic carbocycles. The summed E-state index contributed by atoms with van der Waals surface area (Å²) in [4.78, 5) is 12.2. The number of esters is 1. The van der Waals surface area contributed by atoms with Crippen LogP contribution in [0.15, 0.2) is 11.8 Å². The number of ether oxygens (including phenoxy) is 6. The summed E-state index contributed by atoms with van der Waals surface area (Å²) in [5.74, 6) is -1.85. The van der Waals surface area contributed by atoms with Crippen molar-refractivity contribution in [3.05, 3.63) is 11.8 Å². The lowest BCUT2D eigenvalue weighted by Gasteiger charge is -2.43. The Morgan fingerprint density at radius 3 is 2.48 bits per heavy atom. The van der Waals surface area contributed by atoms with Crippen LogP contribution in [0.25, 0.3) is 0 Å². The molecule has 0 aromatic heterocycles. The topological polar surface area (TPSA) is 180 Å². The maximum Gasteiger partial charge on any atom is 0.337 e. The van der Waals surface area contributed by atoms with Crippen LogP contribution in [0.1, 0.15) is 0 Å². The zero-order valence-electron chi connectivity index (χ0n) is 15.2. The lowest BCUT2D eigenvalue weighted by atomic mass is 9.81. The average molecular weight is 418 g/mol. The first-order valence-electron chi connectivity index (χ1n) is 9.26. The van der Waals surface area contributed by atoms with Crippen LogP contribution in [0, 0.1) is 11.8 Å². The molecule has 0 radical (unpaired) electrons. The van der Waals surface area contributed by atoms with Crippen LogP contribution in [0.2, 0.25) is 0 Å². The first-order valence-corrected chi connectivity index (χ1v) is 9.26. The van der Waals surface area contributed by atoms with Gasteiger partial charge in [-0.25, -0.2) is 4.79 Å². The van der Waals surface area contributed by atoms with Gasteiger partial charge in [0.05, 0.1) is 37.6 Å². The molecule has 4 aliphatic heterocycles.